The van der Waals surface area contributed by atoms with E-state index in [0.29, 0.717) is 23.6 Å². The van der Waals surface area contributed by atoms with E-state index in [1.807, 2.05) is 65.8 Å². The molecule has 2 aromatic carbocycles. The van der Waals surface area contributed by atoms with Crippen LogP contribution in [0.5, 0.6) is 5.75 Å². The highest BCUT2D eigenvalue weighted by Crippen LogP contribution is 2.26. The molecule has 0 bridgehead atoms. The minimum Gasteiger partial charge on any atom is -0.485 e. The number of carbonyl (C=O) groups excluding carboxylic acids is 1. The Bertz CT molecular complexity index is 1510. The lowest BCUT2D eigenvalue weighted by Crippen LogP contribution is -2.43. The molecule has 0 spiro atoms. The third-order valence-electron chi connectivity index (χ3n) is 6.27. The van der Waals surface area contributed by atoms with Crippen LogP contribution in [0.1, 0.15) is 59.4 Å². The fourth-order valence-corrected chi connectivity index (χ4v) is 3.86. The molecule has 0 radical (unpaired) electrons. The number of H-pyrrole nitrogens is 1. The number of amides is 2. The molecule has 3 aromatic rings. The minimum atomic E-state index is -3.11. The van der Waals surface area contributed by atoms with Gasteiger partial charge in [-0.2, -0.15) is 0 Å². The van der Waals surface area contributed by atoms with Crippen molar-refractivity contribution in [2.24, 2.45) is 22.2 Å². The lowest BCUT2D eigenvalue weighted by Gasteiger charge is -2.22. The Balaban J connectivity index is 0.000000335. The first-order chi connectivity index (χ1) is 21.9. The second-order valence-corrected chi connectivity index (χ2v) is 12.9. The van der Waals surface area contributed by atoms with E-state index in [4.69, 9.17) is 21.9 Å². The van der Waals surface area contributed by atoms with Gasteiger partial charge in [-0.05, 0) is 57.0 Å². The third kappa shape index (κ3) is 14.6. The summed E-state index contributed by atoms with van der Waals surface area (Å²) in [4.78, 5) is 35.4. The smallest absolute Gasteiger partial charge is 0.319 e. The van der Waals surface area contributed by atoms with Gasteiger partial charge in [0.2, 0.25) is 0 Å². The second-order valence-electron chi connectivity index (χ2n) is 12.9. The van der Waals surface area contributed by atoms with Crippen molar-refractivity contribution in [1.82, 2.24) is 20.6 Å². The first-order valence-corrected chi connectivity index (χ1v) is 15.2. The fourth-order valence-electron chi connectivity index (χ4n) is 3.86. The number of hydrogen-bond acceptors (Lipinski definition) is 7. The maximum absolute atomic E-state index is 13.1. The third-order valence-corrected chi connectivity index (χ3v) is 6.27. The summed E-state index contributed by atoms with van der Waals surface area (Å²) in [6.45, 7) is 12.1. The van der Waals surface area contributed by atoms with Crippen LogP contribution in [0.3, 0.4) is 0 Å². The number of hydrogen-bond donors (Lipinski definition) is 7. The van der Waals surface area contributed by atoms with Gasteiger partial charge in [0.25, 0.3) is 11.5 Å². The van der Waals surface area contributed by atoms with Crippen LogP contribution in [0.25, 0.3) is 11.1 Å². The zero-order valence-electron chi connectivity index (χ0n) is 28.0. The number of nitrogens with zero attached hydrogens (tertiary/aromatic N) is 2. The molecule has 1 heterocycles. The average molecular weight is 658 g/mol. The van der Waals surface area contributed by atoms with Gasteiger partial charge in [-0.3, -0.25) is 9.79 Å². The molecule has 0 saturated heterocycles. The molecule has 0 atom stereocenters. The minimum absolute atomic E-state index is 0.115. The molecular formula is C33H49F2N9O3. The molecule has 0 fully saturated rings. The SMILES string of the molecule is CC(C)(C)NC(=O)Nc1ccccc1OCC(F)(F)CN.CC(C)(C)c1ncc(-c2ccc(CNCCCN=C(N)N)cc2)c(=O)[nH]1. The van der Waals surface area contributed by atoms with Crippen molar-refractivity contribution < 1.29 is 18.3 Å². The topological polar surface area (TPSA) is 199 Å². The van der Waals surface area contributed by atoms with E-state index in [0.717, 1.165) is 30.6 Å². The zero-order valence-corrected chi connectivity index (χ0v) is 28.0. The molecule has 2 amide bonds. The molecule has 0 saturated carbocycles. The number of nitrogens with one attached hydrogen (secondary N) is 4. The van der Waals surface area contributed by atoms with Crippen molar-refractivity contribution in [3.05, 3.63) is 76.5 Å². The van der Waals surface area contributed by atoms with E-state index in [9.17, 15) is 18.4 Å². The number of carbonyl (C=O) groups is 1. The number of urea groups is 1. The second kappa shape index (κ2) is 17.4. The Hall–Kier alpha value is -4.56. The molecule has 14 heteroatoms. The molecular weight excluding hydrogens is 608 g/mol. The highest BCUT2D eigenvalue weighted by Gasteiger charge is 2.28. The number of aromatic amines is 1. The van der Waals surface area contributed by atoms with Crippen molar-refractivity contribution >= 4 is 17.7 Å². The molecule has 3 rings (SSSR count). The zero-order chi connectivity index (χ0) is 35.3. The standard InChI is InChI=1S/C19H28N6O.C14H21F2N3O2/c1-19(2,3)17-24-12-15(16(26)25-17)14-7-5-13(6-8-14)11-22-9-4-10-23-18(20)21;1-13(2,3)19-12(20)18-10-6-4-5-7-11(10)21-9-14(15,16)8-17/h5-8,12,22H,4,9-11H2,1-3H3,(H4,20,21,23)(H,24,25,26);4-7H,8-9,17H2,1-3H3,(H2,18,19,20). The van der Waals surface area contributed by atoms with Gasteiger partial charge >= 0.3 is 6.03 Å². The number of aromatic nitrogens is 2. The largest absolute Gasteiger partial charge is 0.485 e. The number of rotatable bonds is 12. The van der Waals surface area contributed by atoms with E-state index in [1.54, 1.807) is 24.4 Å². The van der Waals surface area contributed by atoms with E-state index in [-0.39, 0.29) is 22.7 Å². The molecule has 12 nitrogen and oxygen atoms in total. The lowest BCUT2D eigenvalue weighted by molar-refractivity contribution is -0.0317. The predicted octanol–water partition coefficient (Wildman–Crippen LogP) is 4.07. The van der Waals surface area contributed by atoms with E-state index < -0.39 is 30.6 Å². The normalized spacial score (nSPS) is 11.6. The van der Waals surface area contributed by atoms with Crippen LogP contribution in [0.15, 0.2) is 64.5 Å². The Morgan fingerprint density at radius 2 is 1.68 bits per heavy atom. The van der Waals surface area contributed by atoms with Gasteiger partial charge in [-0.15, -0.1) is 0 Å². The van der Waals surface area contributed by atoms with Gasteiger partial charge in [0, 0.05) is 30.2 Å². The fraction of sp³-hybridized carbons (Fsp3) is 0.455. The van der Waals surface area contributed by atoms with Gasteiger partial charge in [-0.25, -0.2) is 18.6 Å². The van der Waals surface area contributed by atoms with Gasteiger partial charge in [0.05, 0.1) is 17.8 Å². The summed E-state index contributed by atoms with van der Waals surface area (Å²) < 4.78 is 31.3. The Morgan fingerprint density at radius 3 is 2.26 bits per heavy atom. The van der Waals surface area contributed by atoms with Crippen LogP contribution in [0, 0.1) is 0 Å². The van der Waals surface area contributed by atoms with Gasteiger partial charge in [0.15, 0.2) is 12.6 Å². The first-order valence-electron chi connectivity index (χ1n) is 15.2. The van der Waals surface area contributed by atoms with Gasteiger partial charge in [-0.1, -0.05) is 57.2 Å². The van der Waals surface area contributed by atoms with Crippen LogP contribution >= 0.6 is 0 Å². The summed E-state index contributed by atoms with van der Waals surface area (Å²) in [6, 6.07) is 13.8. The van der Waals surface area contributed by atoms with E-state index in [2.05, 4.69) is 30.9 Å². The molecule has 0 aliphatic carbocycles. The number of alkyl halides is 2. The number of aliphatic imine (C=N–C) groups is 1. The molecule has 258 valence electrons. The molecule has 0 unspecified atom stereocenters. The van der Waals surface area contributed by atoms with Crippen LogP contribution in [0.2, 0.25) is 0 Å². The molecule has 0 aliphatic heterocycles. The average Bonchev–Trinajstić information content (AvgIpc) is 2.97. The summed E-state index contributed by atoms with van der Waals surface area (Å²) in [7, 11) is 0. The predicted molar refractivity (Wildman–Crippen MR) is 184 cm³/mol. The summed E-state index contributed by atoms with van der Waals surface area (Å²) in [5.74, 6) is -2.14. The summed E-state index contributed by atoms with van der Waals surface area (Å²) in [5.41, 5.74) is 17.7. The highest BCUT2D eigenvalue weighted by atomic mass is 19.3. The van der Waals surface area contributed by atoms with Gasteiger partial charge in [0.1, 0.15) is 11.6 Å². The summed E-state index contributed by atoms with van der Waals surface area (Å²) in [6.07, 6.45) is 2.52. The maximum Gasteiger partial charge on any atom is 0.319 e. The van der Waals surface area contributed by atoms with Crippen LogP contribution in [0.4, 0.5) is 19.3 Å². The molecule has 47 heavy (non-hydrogen) atoms. The quantitative estimate of drug-likeness (QED) is 0.0859. The van der Waals surface area contributed by atoms with Crippen molar-refractivity contribution in [2.75, 3.05) is 31.6 Å². The Labute approximate surface area is 275 Å². The van der Waals surface area contributed by atoms with Crippen LogP contribution in [-0.2, 0) is 12.0 Å². The van der Waals surface area contributed by atoms with Crippen molar-refractivity contribution in [2.45, 2.75) is 71.4 Å². The maximum atomic E-state index is 13.1. The highest BCUT2D eigenvalue weighted by molar-refractivity contribution is 5.91. The monoisotopic (exact) mass is 657 g/mol. The number of anilines is 1. The number of halogens is 2. The number of guanidine groups is 1. The number of para-hydroxylation sites is 2. The van der Waals surface area contributed by atoms with Crippen molar-refractivity contribution in [1.29, 1.82) is 0 Å². The number of ether oxygens (including phenoxy) is 1. The Kier molecular flexibility index (Phi) is 14.3. The van der Waals surface area contributed by atoms with Crippen LogP contribution in [-0.4, -0.2) is 59.7 Å². The number of benzene rings is 2. The van der Waals surface area contributed by atoms with E-state index >= 15 is 0 Å². The first kappa shape index (κ1) is 38.6. The number of nitrogens with two attached hydrogens (primary N) is 3. The lowest BCUT2D eigenvalue weighted by atomic mass is 9.95. The molecule has 10 N–H and O–H groups in total. The van der Waals surface area contributed by atoms with Crippen molar-refractivity contribution in [3.63, 3.8) is 0 Å². The summed E-state index contributed by atoms with van der Waals surface area (Å²) >= 11 is 0. The van der Waals surface area contributed by atoms with Crippen LogP contribution < -0.4 is 43.4 Å². The molecule has 1 aromatic heterocycles. The van der Waals surface area contributed by atoms with Gasteiger partial charge < -0.3 is 42.9 Å². The Morgan fingerprint density at radius 1 is 1.02 bits per heavy atom. The molecule has 0 aliphatic rings. The summed E-state index contributed by atoms with van der Waals surface area (Å²) in [5, 5.41) is 8.61. The van der Waals surface area contributed by atoms with E-state index in [1.165, 1.54) is 6.07 Å². The van der Waals surface area contributed by atoms with Crippen molar-refractivity contribution in [3.8, 4) is 16.9 Å².